The number of hydrogen-bond acceptors (Lipinski definition) is 4. The third-order valence-electron chi connectivity index (χ3n) is 6.46. The molecule has 0 aliphatic carbocycles. The minimum absolute atomic E-state index is 0.0113. The fraction of sp³-hybridized carbons (Fsp3) is 0.750. The third-order valence-corrected chi connectivity index (χ3v) is 6.46. The van der Waals surface area contributed by atoms with E-state index >= 15 is 0 Å². The summed E-state index contributed by atoms with van der Waals surface area (Å²) < 4.78 is 5.58. The number of nitro groups is 1. The van der Waals surface area contributed by atoms with Crippen LogP contribution in [0.15, 0.2) is 24.3 Å². The van der Waals surface area contributed by atoms with Gasteiger partial charge < -0.3 is 9.64 Å². The summed E-state index contributed by atoms with van der Waals surface area (Å²) >= 11 is 0. The number of hydrogen-bond donors (Lipinski definition) is 0. The first-order valence-electron chi connectivity index (χ1n) is 13.5. The maximum atomic E-state index is 13.0. The predicted molar refractivity (Wildman–Crippen MR) is 140 cm³/mol. The number of amides is 1. The van der Waals surface area contributed by atoms with Gasteiger partial charge in [-0.1, -0.05) is 104 Å². The van der Waals surface area contributed by atoms with E-state index in [2.05, 4.69) is 27.7 Å². The molecule has 0 bridgehead atoms. The second-order valence-corrected chi connectivity index (χ2v) is 9.96. The Morgan fingerprint density at radius 1 is 0.882 bits per heavy atom. The van der Waals surface area contributed by atoms with E-state index in [0.29, 0.717) is 30.5 Å². The van der Waals surface area contributed by atoms with Gasteiger partial charge in [0.15, 0.2) is 0 Å². The lowest BCUT2D eigenvalue weighted by Gasteiger charge is -2.28. The van der Waals surface area contributed by atoms with Gasteiger partial charge in [-0.3, -0.25) is 10.1 Å². The highest BCUT2D eigenvalue weighted by molar-refractivity contribution is 5.67. The number of benzene rings is 1. The van der Waals surface area contributed by atoms with Crippen molar-refractivity contribution in [3.05, 3.63) is 39.9 Å². The fourth-order valence-electron chi connectivity index (χ4n) is 4.39. The Bertz CT molecular complexity index is 673. The van der Waals surface area contributed by atoms with Crippen LogP contribution in [0.5, 0.6) is 0 Å². The van der Waals surface area contributed by atoms with Crippen LogP contribution in [-0.4, -0.2) is 29.0 Å². The maximum Gasteiger partial charge on any atom is 0.410 e. The molecule has 1 aromatic rings. The number of nitrogens with zero attached hydrogens (tertiary/aromatic N) is 2. The standard InChI is InChI=1S/C28H48N2O4/c1-5-7-9-11-13-17-24(3)21-29(22-25(4)18-14-12-10-8-6-2)28(31)34-23-26-19-15-16-20-27(26)30(32)33/h15-16,19-20,24-25H,5-14,17-18,21-23H2,1-4H3. The van der Waals surface area contributed by atoms with E-state index in [1.165, 1.54) is 70.3 Å². The summed E-state index contributed by atoms with van der Waals surface area (Å²) in [6.45, 7) is 10.1. The SMILES string of the molecule is CCCCCCCC(C)CN(CC(C)CCCCCCC)C(=O)OCc1ccccc1[N+](=O)[O-]. The monoisotopic (exact) mass is 476 g/mol. The molecule has 0 aliphatic heterocycles. The molecular weight excluding hydrogens is 428 g/mol. The Balaban J connectivity index is 2.67. The van der Waals surface area contributed by atoms with Gasteiger partial charge in [-0.2, -0.15) is 0 Å². The summed E-state index contributed by atoms with van der Waals surface area (Å²) in [5.41, 5.74) is 0.413. The number of carbonyl (C=O) groups is 1. The molecule has 0 spiro atoms. The Morgan fingerprint density at radius 2 is 1.38 bits per heavy atom. The Labute approximate surface area is 207 Å². The summed E-state index contributed by atoms with van der Waals surface area (Å²) in [6.07, 6.45) is 14.3. The van der Waals surface area contributed by atoms with Gasteiger partial charge in [-0.05, 0) is 30.7 Å². The van der Waals surface area contributed by atoms with Crippen LogP contribution in [0.25, 0.3) is 0 Å². The summed E-state index contributed by atoms with van der Waals surface area (Å²) in [5, 5.41) is 11.3. The minimum Gasteiger partial charge on any atom is -0.444 e. The van der Waals surface area contributed by atoms with Crippen LogP contribution < -0.4 is 0 Å². The quantitative estimate of drug-likeness (QED) is 0.114. The van der Waals surface area contributed by atoms with Crippen LogP contribution in [0.2, 0.25) is 0 Å². The van der Waals surface area contributed by atoms with Gasteiger partial charge in [-0.25, -0.2) is 4.79 Å². The van der Waals surface area contributed by atoms with Crippen LogP contribution in [0, 0.1) is 22.0 Å². The molecule has 0 saturated heterocycles. The van der Waals surface area contributed by atoms with Gasteiger partial charge in [0, 0.05) is 19.2 Å². The van der Waals surface area contributed by atoms with Gasteiger partial charge in [-0.15, -0.1) is 0 Å². The summed E-state index contributed by atoms with van der Waals surface area (Å²) in [4.78, 5) is 25.7. The zero-order valence-electron chi connectivity index (χ0n) is 22.1. The Hall–Kier alpha value is -2.11. The molecular formula is C28H48N2O4. The average molecular weight is 477 g/mol. The van der Waals surface area contributed by atoms with Crippen LogP contribution in [-0.2, 0) is 11.3 Å². The van der Waals surface area contributed by atoms with E-state index in [0.717, 1.165) is 12.8 Å². The highest BCUT2D eigenvalue weighted by Crippen LogP contribution is 2.21. The molecule has 1 aromatic carbocycles. The van der Waals surface area contributed by atoms with Crippen LogP contribution in [0.4, 0.5) is 10.5 Å². The van der Waals surface area contributed by atoms with Crippen molar-refractivity contribution in [1.82, 2.24) is 4.90 Å². The zero-order valence-corrected chi connectivity index (χ0v) is 22.1. The molecule has 6 nitrogen and oxygen atoms in total. The number of carbonyl (C=O) groups excluding carboxylic acids is 1. The first kappa shape index (κ1) is 29.9. The highest BCUT2D eigenvalue weighted by atomic mass is 16.6. The van der Waals surface area contributed by atoms with Gasteiger partial charge in [0.1, 0.15) is 6.61 Å². The van der Waals surface area contributed by atoms with Crippen LogP contribution in [0.1, 0.15) is 110 Å². The number of unbranched alkanes of at least 4 members (excludes halogenated alkanes) is 8. The first-order chi connectivity index (χ1) is 16.4. The first-order valence-corrected chi connectivity index (χ1v) is 13.5. The van der Waals surface area contributed by atoms with Crippen molar-refractivity contribution < 1.29 is 14.5 Å². The zero-order chi connectivity index (χ0) is 25.2. The van der Waals surface area contributed by atoms with E-state index in [1.807, 2.05) is 4.90 Å². The van der Waals surface area contributed by atoms with Crippen LogP contribution >= 0.6 is 0 Å². The molecule has 0 aliphatic rings. The fourth-order valence-corrected chi connectivity index (χ4v) is 4.39. The third kappa shape index (κ3) is 13.0. The number of ether oxygens (including phenoxy) is 1. The molecule has 0 aromatic heterocycles. The lowest BCUT2D eigenvalue weighted by molar-refractivity contribution is -0.385. The predicted octanol–water partition coefficient (Wildman–Crippen LogP) is 8.53. The minimum atomic E-state index is -0.428. The number of rotatable bonds is 19. The molecule has 0 fully saturated rings. The van der Waals surface area contributed by atoms with E-state index in [-0.39, 0.29) is 18.4 Å². The van der Waals surface area contributed by atoms with Crippen molar-refractivity contribution in [1.29, 1.82) is 0 Å². The van der Waals surface area contributed by atoms with Crippen molar-refractivity contribution in [3.63, 3.8) is 0 Å². The Kier molecular flexibility index (Phi) is 16.1. The molecule has 0 heterocycles. The van der Waals surface area contributed by atoms with Crippen molar-refractivity contribution >= 4 is 11.8 Å². The summed E-state index contributed by atoms with van der Waals surface area (Å²) in [5.74, 6) is 0.800. The highest BCUT2D eigenvalue weighted by Gasteiger charge is 2.22. The molecule has 1 amide bonds. The smallest absolute Gasteiger partial charge is 0.410 e. The average Bonchev–Trinajstić information content (AvgIpc) is 2.82. The second kappa shape index (κ2) is 18.2. The molecule has 34 heavy (non-hydrogen) atoms. The van der Waals surface area contributed by atoms with E-state index < -0.39 is 4.92 Å². The summed E-state index contributed by atoms with van der Waals surface area (Å²) in [6, 6.07) is 6.45. The maximum absolute atomic E-state index is 13.0. The van der Waals surface area contributed by atoms with Crippen LogP contribution in [0.3, 0.4) is 0 Å². The van der Waals surface area contributed by atoms with Crippen molar-refractivity contribution in [2.24, 2.45) is 11.8 Å². The molecule has 0 radical (unpaired) electrons. The van der Waals surface area contributed by atoms with Crippen molar-refractivity contribution in [2.45, 2.75) is 111 Å². The van der Waals surface area contributed by atoms with Gasteiger partial charge >= 0.3 is 6.09 Å². The van der Waals surface area contributed by atoms with Crippen molar-refractivity contribution in [2.75, 3.05) is 13.1 Å². The topological polar surface area (TPSA) is 72.7 Å². The van der Waals surface area contributed by atoms with E-state index in [4.69, 9.17) is 4.74 Å². The number of para-hydroxylation sites is 1. The number of nitro benzene ring substituents is 1. The largest absolute Gasteiger partial charge is 0.444 e. The lowest BCUT2D eigenvalue weighted by Crippen LogP contribution is -2.38. The Morgan fingerprint density at radius 3 is 1.88 bits per heavy atom. The molecule has 1 rings (SSSR count). The molecule has 0 N–H and O–H groups in total. The molecule has 6 heteroatoms. The van der Waals surface area contributed by atoms with Gasteiger partial charge in [0.05, 0.1) is 10.5 Å². The van der Waals surface area contributed by atoms with Crippen molar-refractivity contribution in [3.8, 4) is 0 Å². The second-order valence-electron chi connectivity index (χ2n) is 9.96. The van der Waals surface area contributed by atoms with Gasteiger partial charge in [0.25, 0.3) is 5.69 Å². The molecule has 2 atom stereocenters. The lowest BCUT2D eigenvalue weighted by atomic mass is 9.99. The molecule has 2 unspecified atom stereocenters. The van der Waals surface area contributed by atoms with Gasteiger partial charge in [0.2, 0.25) is 0 Å². The van der Waals surface area contributed by atoms with E-state index in [9.17, 15) is 14.9 Å². The summed E-state index contributed by atoms with van der Waals surface area (Å²) in [7, 11) is 0. The molecule has 194 valence electrons. The van der Waals surface area contributed by atoms with E-state index in [1.54, 1.807) is 18.2 Å². The molecule has 0 saturated carbocycles. The normalized spacial score (nSPS) is 12.8.